The highest BCUT2D eigenvalue weighted by Gasteiger charge is 2.23. The van der Waals surface area contributed by atoms with E-state index in [9.17, 15) is 0 Å². The molecule has 0 aliphatic heterocycles. The first-order valence-corrected chi connectivity index (χ1v) is 6.62. The standard InChI is InChI=1S/C14H23N3/c1-2-10-5-3-4-6-14(10)17-11-7-8-12(15)13(16)9-11/h7-10,14,17H,2-6,15-16H2,1H3. The van der Waals surface area contributed by atoms with Gasteiger partial charge >= 0.3 is 0 Å². The number of nitrogens with two attached hydrogens (primary N) is 2. The van der Waals surface area contributed by atoms with E-state index in [1.54, 1.807) is 0 Å². The maximum Gasteiger partial charge on any atom is 0.0568 e. The number of nitrogen functional groups attached to an aromatic ring is 2. The van der Waals surface area contributed by atoms with Crippen molar-refractivity contribution in [1.82, 2.24) is 0 Å². The van der Waals surface area contributed by atoms with Crippen molar-refractivity contribution in [3.8, 4) is 0 Å². The molecule has 1 aliphatic rings. The summed E-state index contributed by atoms with van der Waals surface area (Å²) < 4.78 is 0. The molecule has 1 saturated carbocycles. The van der Waals surface area contributed by atoms with Crippen molar-refractivity contribution in [2.24, 2.45) is 5.92 Å². The summed E-state index contributed by atoms with van der Waals surface area (Å²) in [6.45, 7) is 2.28. The van der Waals surface area contributed by atoms with Gasteiger partial charge in [0.15, 0.2) is 0 Å². The molecule has 3 nitrogen and oxygen atoms in total. The number of anilines is 3. The molecule has 0 aromatic heterocycles. The number of rotatable bonds is 3. The topological polar surface area (TPSA) is 64.1 Å². The summed E-state index contributed by atoms with van der Waals surface area (Å²) in [5, 5.41) is 3.61. The molecule has 1 aromatic carbocycles. The van der Waals surface area contributed by atoms with E-state index in [4.69, 9.17) is 11.5 Å². The first kappa shape index (κ1) is 12.1. The predicted octanol–water partition coefficient (Wildman–Crippen LogP) is 3.23. The van der Waals surface area contributed by atoms with Crippen molar-refractivity contribution in [1.29, 1.82) is 0 Å². The van der Waals surface area contributed by atoms with Gasteiger partial charge in [-0.15, -0.1) is 0 Å². The van der Waals surface area contributed by atoms with Crippen LogP contribution in [0.2, 0.25) is 0 Å². The Labute approximate surface area is 104 Å². The molecular formula is C14H23N3. The van der Waals surface area contributed by atoms with Crippen LogP contribution < -0.4 is 16.8 Å². The Balaban J connectivity index is 2.05. The van der Waals surface area contributed by atoms with Crippen LogP contribution in [-0.4, -0.2) is 6.04 Å². The van der Waals surface area contributed by atoms with Crippen LogP contribution in [0.1, 0.15) is 39.0 Å². The van der Waals surface area contributed by atoms with E-state index in [0.717, 1.165) is 11.6 Å². The second-order valence-electron chi connectivity index (χ2n) is 5.05. The van der Waals surface area contributed by atoms with E-state index in [1.807, 2.05) is 18.2 Å². The summed E-state index contributed by atoms with van der Waals surface area (Å²) in [5.74, 6) is 0.794. The van der Waals surface area contributed by atoms with Crippen LogP contribution in [0.15, 0.2) is 18.2 Å². The average Bonchev–Trinajstić information content (AvgIpc) is 2.34. The Morgan fingerprint density at radius 3 is 2.65 bits per heavy atom. The van der Waals surface area contributed by atoms with Gasteiger partial charge in [-0.2, -0.15) is 0 Å². The van der Waals surface area contributed by atoms with Crippen molar-refractivity contribution in [2.45, 2.75) is 45.1 Å². The molecule has 1 fully saturated rings. The number of benzene rings is 1. The summed E-state index contributed by atoms with van der Waals surface area (Å²) >= 11 is 0. The minimum Gasteiger partial charge on any atom is -0.397 e. The first-order valence-electron chi connectivity index (χ1n) is 6.62. The van der Waals surface area contributed by atoms with E-state index >= 15 is 0 Å². The Morgan fingerprint density at radius 1 is 1.18 bits per heavy atom. The Hall–Kier alpha value is -1.38. The normalized spacial score (nSPS) is 24.5. The molecule has 5 N–H and O–H groups in total. The molecule has 94 valence electrons. The third-order valence-electron chi connectivity index (χ3n) is 3.87. The number of nitrogens with one attached hydrogen (secondary N) is 1. The van der Waals surface area contributed by atoms with Crippen LogP contribution in [0, 0.1) is 5.92 Å². The van der Waals surface area contributed by atoms with Gasteiger partial charge in [-0.25, -0.2) is 0 Å². The van der Waals surface area contributed by atoms with Crippen LogP contribution in [0.5, 0.6) is 0 Å². The first-order chi connectivity index (χ1) is 8.20. The Kier molecular flexibility index (Phi) is 3.77. The highest BCUT2D eigenvalue weighted by Crippen LogP contribution is 2.30. The molecule has 1 aromatic rings. The van der Waals surface area contributed by atoms with E-state index in [-0.39, 0.29) is 0 Å². The molecule has 2 rings (SSSR count). The fraction of sp³-hybridized carbons (Fsp3) is 0.571. The molecule has 3 heteroatoms. The summed E-state index contributed by atoms with van der Waals surface area (Å²) in [5.41, 5.74) is 14.0. The lowest BCUT2D eigenvalue weighted by atomic mass is 9.83. The number of hydrogen-bond donors (Lipinski definition) is 3. The van der Waals surface area contributed by atoms with Crippen molar-refractivity contribution in [2.75, 3.05) is 16.8 Å². The molecular weight excluding hydrogens is 210 g/mol. The van der Waals surface area contributed by atoms with Gasteiger partial charge in [-0.3, -0.25) is 0 Å². The van der Waals surface area contributed by atoms with Gasteiger partial charge in [-0.05, 0) is 37.0 Å². The zero-order chi connectivity index (χ0) is 12.3. The third kappa shape index (κ3) is 2.84. The summed E-state index contributed by atoms with van der Waals surface area (Å²) in [6, 6.07) is 6.43. The second kappa shape index (κ2) is 5.30. The zero-order valence-electron chi connectivity index (χ0n) is 10.6. The summed E-state index contributed by atoms with van der Waals surface area (Å²) in [6.07, 6.45) is 6.57. The van der Waals surface area contributed by atoms with Gasteiger partial charge in [0.1, 0.15) is 0 Å². The van der Waals surface area contributed by atoms with Crippen molar-refractivity contribution < 1.29 is 0 Å². The van der Waals surface area contributed by atoms with Crippen molar-refractivity contribution >= 4 is 17.1 Å². The van der Waals surface area contributed by atoms with Gasteiger partial charge in [0.05, 0.1) is 11.4 Å². The SMILES string of the molecule is CCC1CCCCC1Nc1ccc(N)c(N)c1. The minimum atomic E-state index is 0.594. The molecule has 2 unspecified atom stereocenters. The van der Waals surface area contributed by atoms with Gasteiger partial charge in [0.2, 0.25) is 0 Å². The van der Waals surface area contributed by atoms with Crippen molar-refractivity contribution in [3.63, 3.8) is 0 Å². The average molecular weight is 233 g/mol. The lowest BCUT2D eigenvalue weighted by Gasteiger charge is -2.32. The lowest BCUT2D eigenvalue weighted by molar-refractivity contribution is 0.317. The van der Waals surface area contributed by atoms with Crippen LogP contribution in [0.25, 0.3) is 0 Å². The highest BCUT2D eigenvalue weighted by atomic mass is 14.9. The highest BCUT2D eigenvalue weighted by molar-refractivity contribution is 5.69. The monoisotopic (exact) mass is 233 g/mol. The lowest BCUT2D eigenvalue weighted by Crippen LogP contribution is -2.31. The van der Waals surface area contributed by atoms with E-state index in [2.05, 4.69) is 12.2 Å². The van der Waals surface area contributed by atoms with Crippen LogP contribution in [-0.2, 0) is 0 Å². The zero-order valence-corrected chi connectivity index (χ0v) is 10.6. The number of hydrogen-bond acceptors (Lipinski definition) is 3. The molecule has 0 saturated heterocycles. The van der Waals surface area contributed by atoms with E-state index < -0.39 is 0 Å². The molecule has 0 spiro atoms. The van der Waals surface area contributed by atoms with Crippen LogP contribution in [0.3, 0.4) is 0 Å². The molecule has 2 atom stereocenters. The minimum absolute atomic E-state index is 0.594. The fourth-order valence-corrected chi connectivity index (χ4v) is 2.76. The largest absolute Gasteiger partial charge is 0.397 e. The Bertz CT molecular complexity index is 376. The predicted molar refractivity (Wildman–Crippen MR) is 74.9 cm³/mol. The van der Waals surface area contributed by atoms with Crippen molar-refractivity contribution in [3.05, 3.63) is 18.2 Å². The molecule has 1 aliphatic carbocycles. The molecule has 0 heterocycles. The van der Waals surface area contributed by atoms with Crippen LogP contribution >= 0.6 is 0 Å². The third-order valence-corrected chi connectivity index (χ3v) is 3.87. The molecule has 0 bridgehead atoms. The smallest absolute Gasteiger partial charge is 0.0568 e. The van der Waals surface area contributed by atoms with Gasteiger partial charge in [0.25, 0.3) is 0 Å². The van der Waals surface area contributed by atoms with Gasteiger partial charge in [-0.1, -0.05) is 26.2 Å². The van der Waals surface area contributed by atoms with E-state index in [0.29, 0.717) is 17.4 Å². The maximum absolute atomic E-state index is 5.83. The van der Waals surface area contributed by atoms with Crippen LogP contribution in [0.4, 0.5) is 17.1 Å². The van der Waals surface area contributed by atoms with Gasteiger partial charge in [0, 0.05) is 11.7 Å². The summed E-state index contributed by atoms with van der Waals surface area (Å²) in [7, 11) is 0. The second-order valence-corrected chi connectivity index (χ2v) is 5.05. The molecule has 0 amide bonds. The summed E-state index contributed by atoms with van der Waals surface area (Å²) in [4.78, 5) is 0. The van der Waals surface area contributed by atoms with E-state index in [1.165, 1.54) is 32.1 Å². The quantitative estimate of drug-likeness (QED) is 0.702. The molecule has 17 heavy (non-hydrogen) atoms. The van der Waals surface area contributed by atoms with Gasteiger partial charge < -0.3 is 16.8 Å². The maximum atomic E-state index is 5.83. The molecule has 0 radical (unpaired) electrons. The Morgan fingerprint density at radius 2 is 1.94 bits per heavy atom. The fourth-order valence-electron chi connectivity index (χ4n) is 2.76.